The highest BCUT2D eigenvalue weighted by atomic mass is 32.1. The van der Waals surface area contributed by atoms with Crippen molar-refractivity contribution in [1.29, 1.82) is 0 Å². The number of thiophene rings is 1. The van der Waals surface area contributed by atoms with Gasteiger partial charge in [-0.25, -0.2) is 35.4 Å². The summed E-state index contributed by atoms with van der Waals surface area (Å²) >= 11 is 1.61. The molecule has 1 fully saturated rings. The molecule has 5 heterocycles. The zero-order chi connectivity index (χ0) is 25.1. The molecular formula is C22H24N10O3S. The third-order valence-electron chi connectivity index (χ3n) is 5.60. The van der Waals surface area contributed by atoms with Crippen LogP contribution in [0.4, 0.5) is 11.8 Å². The number of nitrogens with two attached hydrogens (primary N) is 1. The van der Waals surface area contributed by atoms with E-state index in [1.807, 2.05) is 18.0 Å². The molecule has 0 spiro atoms. The fourth-order valence-corrected chi connectivity index (χ4v) is 4.91. The summed E-state index contributed by atoms with van der Waals surface area (Å²) in [7, 11) is 1.86. The van der Waals surface area contributed by atoms with E-state index in [0.29, 0.717) is 42.9 Å². The number of nitrogens with zero attached hydrogens (tertiary/aromatic N) is 8. The topological polar surface area (TPSA) is 168 Å². The largest absolute Gasteiger partial charge is 0.378 e. The monoisotopic (exact) mass is 508 g/mol. The molecule has 1 aliphatic rings. The number of fused-ring (bicyclic) bond motifs is 1. The van der Waals surface area contributed by atoms with Gasteiger partial charge in [0.15, 0.2) is 11.6 Å². The van der Waals surface area contributed by atoms with Gasteiger partial charge >= 0.3 is 0 Å². The van der Waals surface area contributed by atoms with Gasteiger partial charge in [-0.3, -0.25) is 10.0 Å². The van der Waals surface area contributed by atoms with Gasteiger partial charge in [0.2, 0.25) is 5.95 Å². The molecule has 1 amide bonds. The Hall–Kier alpha value is -3.85. The smallest absolute Gasteiger partial charge is 0.277 e. The molecule has 1 saturated heterocycles. The molecule has 4 aromatic heterocycles. The minimum absolute atomic E-state index is 0.165. The number of anilines is 2. The average Bonchev–Trinajstić information content (AvgIpc) is 3.35. The number of aromatic nitrogens is 6. The highest BCUT2D eigenvalue weighted by molar-refractivity contribution is 7.19. The van der Waals surface area contributed by atoms with Crippen molar-refractivity contribution >= 4 is 39.2 Å². The Morgan fingerprint density at radius 3 is 2.56 bits per heavy atom. The van der Waals surface area contributed by atoms with Crippen LogP contribution in [0.3, 0.4) is 0 Å². The van der Waals surface area contributed by atoms with E-state index in [0.717, 1.165) is 34.0 Å². The van der Waals surface area contributed by atoms with Gasteiger partial charge in [0.1, 0.15) is 5.82 Å². The van der Waals surface area contributed by atoms with Crippen molar-refractivity contribution < 1.29 is 14.7 Å². The molecule has 0 radical (unpaired) electrons. The number of rotatable bonds is 7. The van der Waals surface area contributed by atoms with Crippen LogP contribution in [0.15, 0.2) is 30.9 Å². The predicted molar refractivity (Wildman–Crippen MR) is 133 cm³/mol. The van der Waals surface area contributed by atoms with Crippen LogP contribution in [-0.2, 0) is 17.8 Å². The van der Waals surface area contributed by atoms with E-state index in [4.69, 9.17) is 25.6 Å². The van der Waals surface area contributed by atoms with Crippen molar-refractivity contribution in [3.8, 4) is 11.4 Å². The minimum atomic E-state index is -0.665. The maximum atomic E-state index is 11.5. The number of carbonyl (C=O) groups is 1. The van der Waals surface area contributed by atoms with E-state index in [9.17, 15) is 4.79 Å². The normalized spacial score (nSPS) is 13.7. The lowest BCUT2D eigenvalue weighted by Gasteiger charge is -2.28. The number of nitrogens with one attached hydrogen (secondary N) is 1. The quantitative estimate of drug-likeness (QED) is 0.239. The SMILES string of the molecule is CN(Cc1cc2nc(-c3cnc(CN)nc3)nc(N3CCOCC3)c2s1)c1ncc(C(=O)NO)cn1. The molecule has 14 heteroatoms. The summed E-state index contributed by atoms with van der Waals surface area (Å²) in [6, 6.07) is 2.04. The maximum Gasteiger partial charge on any atom is 0.277 e. The molecule has 1 aliphatic heterocycles. The second kappa shape index (κ2) is 10.4. The lowest BCUT2D eigenvalue weighted by molar-refractivity contribution is 0.0705. The minimum Gasteiger partial charge on any atom is -0.378 e. The van der Waals surface area contributed by atoms with Gasteiger partial charge in [-0.1, -0.05) is 0 Å². The Balaban J connectivity index is 1.47. The van der Waals surface area contributed by atoms with Gasteiger partial charge in [0.25, 0.3) is 5.91 Å². The van der Waals surface area contributed by atoms with E-state index in [1.54, 1.807) is 29.2 Å². The molecule has 4 N–H and O–H groups in total. The second-order valence-corrected chi connectivity index (χ2v) is 9.19. The Bertz CT molecular complexity index is 1360. The first kappa shape index (κ1) is 23.9. The number of hydrogen-bond acceptors (Lipinski definition) is 13. The summed E-state index contributed by atoms with van der Waals surface area (Å²) < 4.78 is 6.52. The predicted octanol–water partition coefficient (Wildman–Crippen LogP) is 0.989. The molecule has 0 unspecified atom stereocenters. The van der Waals surface area contributed by atoms with E-state index >= 15 is 0 Å². The Labute approximate surface area is 210 Å². The number of hydroxylamine groups is 1. The molecule has 4 aromatic rings. The van der Waals surface area contributed by atoms with Crippen LogP contribution in [0.5, 0.6) is 0 Å². The van der Waals surface area contributed by atoms with Crippen molar-refractivity contribution in [3.05, 3.63) is 47.1 Å². The summed E-state index contributed by atoms with van der Waals surface area (Å²) in [4.78, 5) is 43.4. The van der Waals surface area contributed by atoms with Crippen LogP contribution in [0.2, 0.25) is 0 Å². The van der Waals surface area contributed by atoms with Gasteiger partial charge in [0, 0.05) is 49.8 Å². The van der Waals surface area contributed by atoms with Gasteiger partial charge < -0.3 is 20.3 Å². The highest BCUT2D eigenvalue weighted by Crippen LogP contribution is 2.35. The number of hydrogen-bond donors (Lipinski definition) is 3. The van der Waals surface area contributed by atoms with Crippen molar-refractivity contribution in [3.63, 3.8) is 0 Å². The van der Waals surface area contributed by atoms with Crippen molar-refractivity contribution in [2.24, 2.45) is 5.73 Å². The van der Waals surface area contributed by atoms with Crippen molar-refractivity contribution in [2.75, 3.05) is 43.2 Å². The van der Waals surface area contributed by atoms with Crippen LogP contribution in [0.25, 0.3) is 21.6 Å². The summed E-state index contributed by atoms with van der Waals surface area (Å²) in [5.41, 5.74) is 8.91. The molecule has 0 saturated carbocycles. The number of amides is 1. The molecule has 0 aromatic carbocycles. The molecule has 0 atom stereocenters. The first-order valence-electron chi connectivity index (χ1n) is 11.2. The fourth-order valence-electron chi connectivity index (χ4n) is 3.74. The van der Waals surface area contributed by atoms with Gasteiger partial charge in [-0.2, -0.15) is 0 Å². The first-order chi connectivity index (χ1) is 17.6. The van der Waals surface area contributed by atoms with E-state index in [1.165, 1.54) is 12.4 Å². The summed E-state index contributed by atoms with van der Waals surface area (Å²) in [6.07, 6.45) is 6.11. The third-order valence-corrected chi connectivity index (χ3v) is 6.70. The summed E-state index contributed by atoms with van der Waals surface area (Å²) in [5, 5.41) is 8.77. The van der Waals surface area contributed by atoms with Gasteiger partial charge in [0.05, 0.1) is 47.6 Å². The highest BCUT2D eigenvalue weighted by Gasteiger charge is 2.21. The summed E-state index contributed by atoms with van der Waals surface area (Å²) in [5.74, 6) is 1.74. The molecule has 5 rings (SSSR count). The third kappa shape index (κ3) is 4.92. The fraction of sp³-hybridized carbons (Fsp3) is 0.318. The lowest BCUT2D eigenvalue weighted by atomic mass is 10.3. The number of carbonyl (C=O) groups excluding carboxylic acids is 1. The molecular weight excluding hydrogens is 484 g/mol. The van der Waals surface area contributed by atoms with Crippen LogP contribution in [0.1, 0.15) is 21.1 Å². The van der Waals surface area contributed by atoms with Crippen LogP contribution < -0.4 is 21.0 Å². The summed E-state index contributed by atoms with van der Waals surface area (Å²) in [6.45, 7) is 3.54. The zero-order valence-corrected chi connectivity index (χ0v) is 20.3. The van der Waals surface area contributed by atoms with E-state index < -0.39 is 5.91 Å². The number of morpholine rings is 1. The van der Waals surface area contributed by atoms with Crippen LogP contribution in [-0.4, -0.2) is 74.4 Å². The average molecular weight is 509 g/mol. The Morgan fingerprint density at radius 1 is 1.17 bits per heavy atom. The molecule has 0 aliphatic carbocycles. The van der Waals surface area contributed by atoms with Crippen molar-refractivity contribution in [1.82, 2.24) is 35.4 Å². The molecule has 186 valence electrons. The molecule has 13 nitrogen and oxygen atoms in total. The second-order valence-electron chi connectivity index (χ2n) is 8.06. The Kier molecular flexibility index (Phi) is 6.90. The van der Waals surface area contributed by atoms with Crippen molar-refractivity contribution in [2.45, 2.75) is 13.1 Å². The maximum absolute atomic E-state index is 11.5. The van der Waals surface area contributed by atoms with E-state index in [2.05, 4.69) is 24.8 Å². The van der Waals surface area contributed by atoms with Crippen LogP contribution in [0, 0.1) is 0 Å². The lowest BCUT2D eigenvalue weighted by Crippen LogP contribution is -2.36. The van der Waals surface area contributed by atoms with Crippen LogP contribution >= 0.6 is 11.3 Å². The zero-order valence-electron chi connectivity index (χ0n) is 19.5. The molecule has 36 heavy (non-hydrogen) atoms. The van der Waals surface area contributed by atoms with Gasteiger partial charge in [-0.05, 0) is 6.07 Å². The number of ether oxygens (including phenoxy) is 1. The first-order valence-corrected chi connectivity index (χ1v) is 12.0. The Morgan fingerprint density at radius 2 is 1.89 bits per heavy atom. The standard InChI is InChI=1S/C22H24N10O3S/c1-31(22-26-10-14(11-27-22)21(33)30-34)12-15-6-16-18(36-15)20(32-2-4-35-5-3-32)29-19(28-16)13-8-24-17(7-23)25-9-13/h6,8-11,34H,2-5,7,12,23H2,1H3,(H,30,33). The molecule has 0 bridgehead atoms. The van der Waals surface area contributed by atoms with E-state index in [-0.39, 0.29) is 12.1 Å². The van der Waals surface area contributed by atoms with Gasteiger partial charge in [-0.15, -0.1) is 11.3 Å².